The van der Waals surface area contributed by atoms with Crippen LogP contribution in [0.1, 0.15) is 79.8 Å². The number of rotatable bonds is 13. The summed E-state index contributed by atoms with van der Waals surface area (Å²) in [6.07, 6.45) is 4.00. The molecule has 0 atom stereocenters. The molecule has 0 saturated carbocycles. The van der Waals surface area contributed by atoms with E-state index in [2.05, 4.69) is 15.1 Å². The van der Waals surface area contributed by atoms with Crippen LogP contribution in [0.5, 0.6) is 11.5 Å². The maximum absolute atomic E-state index is 13.1. The Labute approximate surface area is 385 Å². The first-order valence-electron chi connectivity index (χ1n) is 23.1. The van der Waals surface area contributed by atoms with Gasteiger partial charge in [0.25, 0.3) is 5.91 Å². The monoisotopic (exact) mass is 895 g/mol. The zero-order chi connectivity index (χ0) is 46.1. The molecule has 0 spiro atoms. The van der Waals surface area contributed by atoms with E-state index in [4.69, 9.17) is 39.3 Å². The second-order valence-electron chi connectivity index (χ2n) is 17.5. The Morgan fingerprint density at radius 2 is 0.954 bits per heavy atom. The number of hydrogen-bond donors (Lipinski definition) is 3. The average molecular weight is 895 g/mol. The van der Waals surface area contributed by atoms with Crippen molar-refractivity contribution >= 4 is 11.9 Å². The van der Waals surface area contributed by atoms with E-state index in [-0.39, 0.29) is 17.0 Å². The van der Waals surface area contributed by atoms with Crippen LogP contribution in [-0.2, 0) is 32.2 Å². The molecule has 4 aliphatic heterocycles. The second kappa shape index (κ2) is 24.6. The van der Waals surface area contributed by atoms with E-state index in [9.17, 15) is 9.59 Å². The summed E-state index contributed by atoms with van der Waals surface area (Å²) in [5.74, 6) is 0.652. The molecule has 13 nitrogen and oxygen atoms in total. The fourth-order valence-corrected chi connectivity index (χ4v) is 9.25. The number of nitrogens with zero attached hydrogens (tertiary/aromatic N) is 2. The number of morpholine rings is 2. The molecular weight excluding hydrogens is 825 g/mol. The van der Waals surface area contributed by atoms with Crippen LogP contribution in [0.25, 0.3) is 0 Å². The number of amides is 1. The fourth-order valence-electron chi connectivity index (χ4n) is 9.25. The molecule has 352 valence electrons. The fraction of sp³-hybridized carbons (Fsp3) is 0.500. The van der Waals surface area contributed by atoms with Crippen molar-refractivity contribution in [2.24, 2.45) is 5.73 Å². The Bertz CT molecular complexity index is 2050. The second-order valence-corrected chi connectivity index (χ2v) is 17.5. The molecular formula is C52H70N4O9. The summed E-state index contributed by atoms with van der Waals surface area (Å²) < 4.78 is 33.8. The predicted molar refractivity (Wildman–Crippen MR) is 252 cm³/mol. The Kier molecular flexibility index (Phi) is 18.8. The van der Waals surface area contributed by atoms with Crippen molar-refractivity contribution in [2.45, 2.75) is 77.7 Å². The number of hydrogen-bond acceptors (Lipinski definition) is 11. The van der Waals surface area contributed by atoms with Crippen molar-refractivity contribution in [2.75, 3.05) is 92.1 Å². The van der Waals surface area contributed by atoms with Crippen LogP contribution in [0.2, 0.25) is 0 Å². The van der Waals surface area contributed by atoms with Crippen molar-refractivity contribution in [1.82, 2.24) is 15.1 Å². The van der Waals surface area contributed by atoms with Crippen LogP contribution in [0.3, 0.4) is 0 Å². The number of carboxylic acids is 1. The highest BCUT2D eigenvalue weighted by atomic mass is 16.5. The van der Waals surface area contributed by atoms with Gasteiger partial charge in [-0.25, -0.2) is 4.79 Å². The highest BCUT2D eigenvalue weighted by Gasteiger charge is 2.40. The Balaban J connectivity index is 0.000000179. The summed E-state index contributed by atoms with van der Waals surface area (Å²) in [4.78, 5) is 29.0. The van der Waals surface area contributed by atoms with Gasteiger partial charge in [-0.05, 0) is 111 Å². The zero-order valence-electron chi connectivity index (χ0n) is 38.9. The van der Waals surface area contributed by atoms with Crippen LogP contribution in [0.4, 0.5) is 0 Å². The lowest BCUT2D eigenvalue weighted by Gasteiger charge is -2.47. The van der Waals surface area contributed by atoms with Gasteiger partial charge in [0.2, 0.25) is 0 Å². The van der Waals surface area contributed by atoms with Gasteiger partial charge >= 0.3 is 5.97 Å². The molecule has 4 saturated heterocycles. The first kappa shape index (κ1) is 49.6. The zero-order valence-corrected chi connectivity index (χ0v) is 38.9. The van der Waals surface area contributed by atoms with Gasteiger partial charge in [-0.3, -0.25) is 14.6 Å². The lowest BCUT2D eigenvalue weighted by atomic mass is 9.87. The first-order valence-corrected chi connectivity index (χ1v) is 23.1. The molecule has 4 N–H and O–H groups in total. The summed E-state index contributed by atoms with van der Waals surface area (Å²) in [6.45, 7) is 20.3. The number of aryl methyl sites for hydroxylation is 4. The smallest absolute Gasteiger partial charge is 0.335 e. The van der Waals surface area contributed by atoms with E-state index in [0.29, 0.717) is 30.9 Å². The van der Waals surface area contributed by atoms with E-state index in [0.717, 1.165) is 156 Å². The van der Waals surface area contributed by atoms with E-state index in [1.54, 1.807) is 12.1 Å². The Hall–Kier alpha value is -4.86. The van der Waals surface area contributed by atoms with Crippen LogP contribution in [0.15, 0.2) is 84.9 Å². The molecule has 4 heterocycles. The number of nitrogens with one attached hydrogen (secondary N) is 1. The molecule has 8 rings (SSSR count). The van der Waals surface area contributed by atoms with Gasteiger partial charge in [0.1, 0.15) is 24.7 Å². The number of ether oxygens (including phenoxy) is 6. The van der Waals surface area contributed by atoms with Crippen molar-refractivity contribution in [3.8, 4) is 11.5 Å². The number of carbonyl (C=O) groups excluding carboxylic acids is 1. The molecule has 4 fully saturated rings. The van der Waals surface area contributed by atoms with Gasteiger partial charge in [0.15, 0.2) is 0 Å². The third kappa shape index (κ3) is 13.8. The standard InChI is InChI=1S/C26H34N2O4.C16H16O3.C10H20N2O2/c1-20-16-23(17-21(2)24(20)32-18-22-6-4-3-5-7-22)25(29)27-19-26(8-12-30-13-9-26)28-10-14-31-15-11-28;1-11-8-14(16(17)18)9-12(2)15(11)19-10-13-6-4-3-5-7-13;11-9-10(1-5-13-6-2-10)12-3-7-14-8-4-12/h3-7,16-17H,8-15,18-19H2,1-2H3,(H,27,29);3-9H,10H2,1-2H3,(H,17,18);1-9,11H2. The summed E-state index contributed by atoms with van der Waals surface area (Å²) >= 11 is 0. The van der Waals surface area contributed by atoms with Gasteiger partial charge in [-0.1, -0.05) is 60.7 Å². The summed E-state index contributed by atoms with van der Waals surface area (Å²) in [5.41, 5.74) is 12.9. The topological polar surface area (TPSA) is 154 Å². The van der Waals surface area contributed by atoms with Crippen LogP contribution in [-0.4, -0.2) is 130 Å². The van der Waals surface area contributed by atoms with Gasteiger partial charge < -0.3 is 44.6 Å². The summed E-state index contributed by atoms with van der Waals surface area (Å²) in [7, 11) is 0. The highest BCUT2D eigenvalue weighted by Crippen LogP contribution is 2.31. The molecule has 13 heteroatoms. The molecule has 4 aliphatic rings. The lowest BCUT2D eigenvalue weighted by Crippen LogP contribution is -2.61. The minimum atomic E-state index is -0.916. The maximum Gasteiger partial charge on any atom is 0.335 e. The Morgan fingerprint density at radius 3 is 1.35 bits per heavy atom. The normalized spacial score (nSPS) is 18.5. The van der Waals surface area contributed by atoms with E-state index in [1.165, 1.54) is 0 Å². The van der Waals surface area contributed by atoms with E-state index in [1.807, 2.05) is 100 Å². The van der Waals surface area contributed by atoms with Gasteiger partial charge in [0, 0.05) is 82.3 Å². The predicted octanol–water partition coefficient (Wildman–Crippen LogP) is 6.90. The van der Waals surface area contributed by atoms with Crippen molar-refractivity contribution in [3.63, 3.8) is 0 Å². The van der Waals surface area contributed by atoms with E-state index < -0.39 is 5.97 Å². The van der Waals surface area contributed by atoms with Crippen LogP contribution < -0.4 is 20.5 Å². The van der Waals surface area contributed by atoms with Gasteiger partial charge in [-0.2, -0.15) is 0 Å². The van der Waals surface area contributed by atoms with Crippen molar-refractivity contribution < 1.29 is 43.1 Å². The maximum atomic E-state index is 13.1. The molecule has 65 heavy (non-hydrogen) atoms. The highest BCUT2D eigenvalue weighted by molar-refractivity contribution is 5.95. The number of nitrogens with two attached hydrogens (primary N) is 1. The third-order valence-electron chi connectivity index (χ3n) is 13.1. The molecule has 4 aromatic carbocycles. The molecule has 0 unspecified atom stereocenters. The number of benzene rings is 4. The quantitative estimate of drug-likeness (QED) is 0.128. The summed E-state index contributed by atoms with van der Waals surface area (Å²) in [5, 5.41) is 12.2. The summed E-state index contributed by atoms with van der Waals surface area (Å²) in [6, 6.07) is 27.1. The molecule has 0 bridgehead atoms. The minimum Gasteiger partial charge on any atom is -0.488 e. The number of aromatic carboxylic acids is 1. The van der Waals surface area contributed by atoms with Crippen LogP contribution >= 0.6 is 0 Å². The van der Waals surface area contributed by atoms with Crippen molar-refractivity contribution in [1.29, 1.82) is 0 Å². The molecule has 0 aliphatic carbocycles. The minimum absolute atomic E-state index is 0.0371. The van der Waals surface area contributed by atoms with Gasteiger partial charge in [0.05, 0.1) is 32.0 Å². The van der Waals surface area contributed by atoms with Crippen molar-refractivity contribution in [3.05, 3.63) is 129 Å². The lowest BCUT2D eigenvalue weighted by molar-refractivity contribution is -0.0693. The molecule has 1 amide bonds. The largest absolute Gasteiger partial charge is 0.488 e. The molecule has 0 radical (unpaired) electrons. The average Bonchev–Trinajstić information content (AvgIpc) is 3.34. The van der Waals surface area contributed by atoms with E-state index >= 15 is 0 Å². The number of carboxylic acid groups (broad SMARTS) is 1. The number of carbonyl (C=O) groups is 2. The molecule has 4 aromatic rings. The third-order valence-corrected chi connectivity index (χ3v) is 13.1. The van der Waals surface area contributed by atoms with Crippen LogP contribution in [0, 0.1) is 27.7 Å². The van der Waals surface area contributed by atoms with Gasteiger partial charge in [-0.15, -0.1) is 0 Å². The molecule has 0 aromatic heterocycles. The SMILES string of the molecule is Cc1cc(C(=O)NCC2(N3CCOCC3)CCOCC2)cc(C)c1OCc1ccccc1.Cc1cc(C(=O)O)cc(C)c1OCc1ccccc1.NCC1(N2CCOCC2)CCOCC1. The Morgan fingerprint density at radius 1 is 0.585 bits per heavy atom. The first-order chi connectivity index (χ1) is 31.5.